The molecule has 0 unspecified atom stereocenters. The maximum atomic E-state index is 13.3. The first kappa shape index (κ1) is 26.2. The summed E-state index contributed by atoms with van der Waals surface area (Å²) in [4.78, 5) is 30.5. The molecule has 0 aliphatic heterocycles. The SMILES string of the molecule is O=C(CSc1nc2ccccc2c(=O)n1-c1ccc(Cl)cc1)NN=Cc1cccc(OCc2ccccc2)c1. The van der Waals surface area contributed by atoms with Gasteiger partial charge in [-0.3, -0.25) is 14.2 Å². The van der Waals surface area contributed by atoms with Crippen molar-refractivity contribution in [2.24, 2.45) is 5.10 Å². The first-order valence-electron chi connectivity index (χ1n) is 12.1. The van der Waals surface area contributed by atoms with Crippen LogP contribution in [0.5, 0.6) is 5.75 Å². The van der Waals surface area contributed by atoms with E-state index in [1.54, 1.807) is 48.7 Å². The minimum Gasteiger partial charge on any atom is -0.489 e. The molecule has 0 spiro atoms. The van der Waals surface area contributed by atoms with E-state index in [1.807, 2.05) is 60.7 Å². The van der Waals surface area contributed by atoms with E-state index in [2.05, 4.69) is 15.5 Å². The second-order valence-corrected chi connectivity index (χ2v) is 9.84. The van der Waals surface area contributed by atoms with Crippen molar-refractivity contribution in [3.05, 3.63) is 130 Å². The number of nitrogens with one attached hydrogen (secondary N) is 1. The number of hydrogen-bond donors (Lipinski definition) is 1. The summed E-state index contributed by atoms with van der Waals surface area (Å²) < 4.78 is 7.33. The second-order valence-electron chi connectivity index (χ2n) is 8.46. The van der Waals surface area contributed by atoms with E-state index in [9.17, 15) is 9.59 Å². The third-order valence-corrected chi connectivity index (χ3v) is 6.86. The molecular weight excluding hydrogens is 532 g/mol. The number of fused-ring (bicyclic) bond motifs is 1. The number of hydrazone groups is 1. The van der Waals surface area contributed by atoms with E-state index in [1.165, 1.54) is 4.57 Å². The van der Waals surface area contributed by atoms with Gasteiger partial charge in [-0.1, -0.05) is 78.0 Å². The standard InChI is InChI=1S/C30H23ClN4O3S/c31-23-13-15-24(16-14-23)35-29(37)26-11-4-5-12-27(26)33-30(35)39-20-28(36)34-32-18-22-9-6-10-25(17-22)38-19-21-7-2-1-3-8-21/h1-18H,19-20H2,(H,34,36). The van der Waals surface area contributed by atoms with Crippen LogP contribution in [0.3, 0.4) is 0 Å². The number of ether oxygens (including phenoxy) is 1. The van der Waals surface area contributed by atoms with Gasteiger partial charge in [0.1, 0.15) is 12.4 Å². The molecule has 0 fully saturated rings. The van der Waals surface area contributed by atoms with Crippen LogP contribution in [0.4, 0.5) is 0 Å². The molecule has 4 aromatic carbocycles. The third kappa shape index (κ3) is 6.73. The predicted molar refractivity (Wildman–Crippen MR) is 156 cm³/mol. The number of aromatic nitrogens is 2. The smallest absolute Gasteiger partial charge is 0.266 e. The van der Waals surface area contributed by atoms with Crippen LogP contribution in [0, 0.1) is 0 Å². The van der Waals surface area contributed by atoms with Crippen LogP contribution in [0.1, 0.15) is 11.1 Å². The topological polar surface area (TPSA) is 85.6 Å². The molecule has 0 saturated carbocycles. The Morgan fingerprint density at radius 2 is 1.74 bits per heavy atom. The van der Waals surface area contributed by atoms with Gasteiger partial charge in [0, 0.05) is 5.02 Å². The maximum Gasteiger partial charge on any atom is 0.266 e. The Bertz CT molecular complexity index is 1690. The van der Waals surface area contributed by atoms with Gasteiger partial charge >= 0.3 is 0 Å². The minimum absolute atomic E-state index is 0.00986. The van der Waals surface area contributed by atoms with Crippen molar-refractivity contribution in [3.63, 3.8) is 0 Å². The van der Waals surface area contributed by atoms with Crippen LogP contribution in [0.2, 0.25) is 5.02 Å². The second kappa shape index (κ2) is 12.4. The number of para-hydroxylation sites is 1. The first-order chi connectivity index (χ1) is 19.1. The van der Waals surface area contributed by atoms with Crippen LogP contribution in [-0.4, -0.2) is 27.4 Å². The highest BCUT2D eigenvalue weighted by Crippen LogP contribution is 2.22. The van der Waals surface area contributed by atoms with Crippen molar-refractivity contribution in [2.75, 3.05) is 5.75 Å². The number of benzene rings is 4. The lowest BCUT2D eigenvalue weighted by Gasteiger charge is -2.13. The number of thioether (sulfide) groups is 1. The summed E-state index contributed by atoms with van der Waals surface area (Å²) in [5.41, 5.74) is 5.33. The number of halogens is 1. The summed E-state index contributed by atoms with van der Waals surface area (Å²) >= 11 is 7.19. The van der Waals surface area contributed by atoms with E-state index in [0.29, 0.717) is 39.1 Å². The molecule has 194 valence electrons. The van der Waals surface area contributed by atoms with Gasteiger partial charge in [0.15, 0.2) is 5.16 Å². The number of carbonyl (C=O) groups is 1. The molecule has 9 heteroatoms. The highest BCUT2D eigenvalue weighted by Gasteiger charge is 2.14. The fraction of sp³-hybridized carbons (Fsp3) is 0.0667. The molecule has 1 amide bonds. The van der Waals surface area contributed by atoms with Crippen molar-refractivity contribution >= 4 is 46.4 Å². The predicted octanol–water partition coefficient (Wildman–Crippen LogP) is 5.86. The Morgan fingerprint density at radius 3 is 2.56 bits per heavy atom. The molecule has 7 nitrogen and oxygen atoms in total. The quantitative estimate of drug-likeness (QED) is 0.107. The summed E-state index contributed by atoms with van der Waals surface area (Å²) in [5.74, 6) is 0.376. The van der Waals surface area contributed by atoms with Crippen LogP contribution in [0.15, 0.2) is 118 Å². The summed E-state index contributed by atoms with van der Waals surface area (Å²) in [6.07, 6.45) is 1.55. The number of hydrogen-bond acceptors (Lipinski definition) is 6. The summed E-state index contributed by atoms with van der Waals surface area (Å²) in [5, 5.41) is 5.51. The summed E-state index contributed by atoms with van der Waals surface area (Å²) in [6.45, 7) is 0.458. The fourth-order valence-corrected chi connectivity index (χ4v) is 4.72. The van der Waals surface area contributed by atoms with E-state index in [-0.39, 0.29) is 17.2 Å². The number of nitrogens with zero attached hydrogens (tertiary/aromatic N) is 3. The Morgan fingerprint density at radius 1 is 0.974 bits per heavy atom. The molecule has 1 aromatic heterocycles. The molecule has 0 aliphatic carbocycles. The van der Waals surface area contributed by atoms with Gasteiger partial charge in [-0.15, -0.1) is 0 Å². The van der Waals surface area contributed by atoms with Crippen molar-refractivity contribution in [3.8, 4) is 11.4 Å². The molecule has 0 radical (unpaired) electrons. The fourth-order valence-electron chi connectivity index (χ4n) is 3.79. The zero-order chi connectivity index (χ0) is 27.0. The van der Waals surface area contributed by atoms with Gasteiger partial charge in [-0.2, -0.15) is 5.10 Å². The average molecular weight is 555 g/mol. The van der Waals surface area contributed by atoms with Crippen LogP contribution in [-0.2, 0) is 11.4 Å². The lowest BCUT2D eigenvalue weighted by atomic mass is 10.2. The summed E-state index contributed by atoms with van der Waals surface area (Å²) in [7, 11) is 0. The highest BCUT2D eigenvalue weighted by atomic mass is 35.5. The third-order valence-electron chi connectivity index (χ3n) is 5.67. The van der Waals surface area contributed by atoms with Crippen molar-refractivity contribution in [1.82, 2.24) is 15.0 Å². The van der Waals surface area contributed by atoms with Gasteiger partial charge in [-0.05, 0) is 59.7 Å². The Balaban J connectivity index is 1.25. The van der Waals surface area contributed by atoms with Crippen molar-refractivity contribution < 1.29 is 9.53 Å². The zero-order valence-corrected chi connectivity index (χ0v) is 22.2. The van der Waals surface area contributed by atoms with Crippen molar-refractivity contribution in [2.45, 2.75) is 11.8 Å². The number of carbonyl (C=O) groups excluding carboxylic acids is 1. The largest absolute Gasteiger partial charge is 0.489 e. The first-order valence-corrected chi connectivity index (χ1v) is 13.4. The van der Waals surface area contributed by atoms with E-state index < -0.39 is 0 Å². The highest BCUT2D eigenvalue weighted by molar-refractivity contribution is 7.99. The lowest BCUT2D eigenvalue weighted by molar-refractivity contribution is -0.118. The van der Waals surface area contributed by atoms with Crippen LogP contribution >= 0.6 is 23.4 Å². The molecule has 0 aliphatic rings. The van der Waals surface area contributed by atoms with Crippen LogP contribution < -0.4 is 15.7 Å². The molecule has 39 heavy (non-hydrogen) atoms. The molecule has 5 aromatic rings. The van der Waals surface area contributed by atoms with Crippen LogP contribution in [0.25, 0.3) is 16.6 Å². The van der Waals surface area contributed by atoms with Gasteiger partial charge in [-0.25, -0.2) is 10.4 Å². The Hall–Kier alpha value is -4.40. The molecule has 0 saturated heterocycles. The lowest BCUT2D eigenvalue weighted by Crippen LogP contribution is -2.24. The average Bonchev–Trinajstić information content (AvgIpc) is 2.97. The normalized spacial score (nSPS) is 11.1. The van der Waals surface area contributed by atoms with Gasteiger partial charge < -0.3 is 4.74 Å². The number of rotatable bonds is 9. The minimum atomic E-state index is -0.335. The van der Waals surface area contributed by atoms with E-state index >= 15 is 0 Å². The Labute approximate surface area is 234 Å². The maximum absolute atomic E-state index is 13.3. The number of amides is 1. The molecular formula is C30H23ClN4O3S. The van der Waals surface area contributed by atoms with Gasteiger partial charge in [0.05, 0.1) is 28.6 Å². The molecule has 0 atom stereocenters. The summed E-state index contributed by atoms with van der Waals surface area (Å²) in [6, 6.07) is 31.3. The van der Waals surface area contributed by atoms with Gasteiger partial charge in [0.25, 0.3) is 11.5 Å². The molecule has 0 bridgehead atoms. The Kier molecular flexibility index (Phi) is 8.36. The zero-order valence-electron chi connectivity index (χ0n) is 20.7. The van der Waals surface area contributed by atoms with Crippen molar-refractivity contribution in [1.29, 1.82) is 0 Å². The van der Waals surface area contributed by atoms with E-state index in [4.69, 9.17) is 16.3 Å². The molecule has 1 heterocycles. The molecule has 1 N–H and O–H groups in total. The monoisotopic (exact) mass is 554 g/mol. The van der Waals surface area contributed by atoms with E-state index in [0.717, 1.165) is 22.9 Å². The molecule has 5 rings (SSSR count). The van der Waals surface area contributed by atoms with Gasteiger partial charge in [0.2, 0.25) is 0 Å².